The largest absolute Gasteiger partial charge is 0.405 e. The van der Waals surface area contributed by atoms with Crippen LogP contribution in [0, 0.1) is 11.6 Å². The monoisotopic (exact) mass is 1220 g/mol. The number of aromatic amines is 3. The average molecular weight is 1220 g/mol. The Kier molecular flexibility index (Phi) is 18.0. The molecule has 0 fully saturated rings. The maximum atomic E-state index is 14.2. The third-order valence-electron chi connectivity index (χ3n) is 12.5. The fourth-order valence-corrected chi connectivity index (χ4v) is 8.14. The van der Waals surface area contributed by atoms with Gasteiger partial charge in [0, 0.05) is 88.3 Å². The normalized spacial score (nSPS) is 12.1. The number of hydrogen-bond donors (Lipinski definition) is 9. The van der Waals surface area contributed by atoms with E-state index in [0.29, 0.717) is 56.0 Å². The maximum absolute atomic E-state index is 14.2. The van der Waals surface area contributed by atoms with Crippen molar-refractivity contribution in [3.63, 3.8) is 0 Å². The van der Waals surface area contributed by atoms with E-state index in [1.165, 1.54) is 41.5 Å². The molecule has 31 heteroatoms. The summed E-state index contributed by atoms with van der Waals surface area (Å²) in [6.07, 6.45) is 0.0624. The first-order chi connectivity index (χ1) is 40.5. The number of fused-ring (bicyclic) bond motifs is 4. The highest BCUT2D eigenvalue weighted by molar-refractivity contribution is 5.98. The topological polar surface area (TPSA) is 287 Å². The molecule has 0 spiro atoms. The second-order valence-corrected chi connectivity index (χ2v) is 20.4. The van der Waals surface area contributed by atoms with Gasteiger partial charge in [0.2, 0.25) is 17.7 Å². The van der Waals surface area contributed by atoms with E-state index in [1.807, 2.05) is 23.5 Å². The molecule has 0 aliphatic rings. The number of benzene rings is 1. The number of alkyl halides is 8. The number of anilines is 3. The number of aromatic nitrogens is 12. The van der Waals surface area contributed by atoms with Gasteiger partial charge in [-0.3, -0.25) is 14.4 Å². The summed E-state index contributed by atoms with van der Waals surface area (Å²) in [5.74, 6) is -3.49. The van der Waals surface area contributed by atoms with Gasteiger partial charge in [0.25, 0.3) is 6.43 Å². The first-order valence-corrected chi connectivity index (χ1v) is 25.7. The number of nitrogens with one attached hydrogen (secondary N) is 9. The third kappa shape index (κ3) is 15.2. The number of H-pyrrole nitrogens is 3. The van der Waals surface area contributed by atoms with Crippen LogP contribution in [-0.2, 0) is 14.4 Å². The molecule has 9 N–H and O–H groups in total. The summed E-state index contributed by atoms with van der Waals surface area (Å²) in [6, 6.07) is 17.9. The van der Waals surface area contributed by atoms with E-state index in [-0.39, 0.29) is 36.1 Å². The molecular formula is C55H70F10N18O3. The molecule has 0 saturated carbocycles. The second kappa shape index (κ2) is 25.0. The summed E-state index contributed by atoms with van der Waals surface area (Å²) in [7, 11) is 0. The molecule has 0 aliphatic carbocycles. The summed E-state index contributed by atoms with van der Waals surface area (Å²) < 4.78 is 127. The number of amides is 3. The van der Waals surface area contributed by atoms with E-state index in [1.54, 1.807) is 85.0 Å². The van der Waals surface area contributed by atoms with Gasteiger partial charge >= 0.3 is 12.4 Å². The predicted octanol–water partition coefficient (Wildman–Crippen LogP) is 12.0. The van der Waals surface area contributed by atoms with Crippen LogP contribution >= 0.6 is 0 Å². The van der Waals surface area contributed by atoms with Crippen LogP contribution in [-0.4, -0.2) is 133 Å². The molecule has 9 heterocycles. The first kappa shape index (κ1) is 62.0. The number of para-hydroxylation sites is 1. The number of hydrogen-bond acceptors (Lipinski definition) is 15. The van der Waals surface area contributed by atoms with Gasteiger partial charge in [0.1, 0.15) is 52.5 Å². The quantitative estimate of drug-likeness (QED) is 0.0407. The standard InChI is InChI=1S/C21H19F3N6O.C17H16F4N6O.C17H17F3N6O.9H2/c1-20(2,19(31)27-11-21(22,23)24)30-18-13-6-3-4-8-15(13)28-17(29-18)14-10-26-16-12(14)7-5-9-25-16;1-16(2,15(28)25-8-17(19,20)21)27-14-11(18)7-24-13(26-14)10-6-23-12-9(10)4-3-5-22-12;1-17(2,16(27)24-8-12(19)20)26-15-11(18)7-23-14(25-15)10-6-22-13-9(10)4-3-5-21-13;;;;;;;;;/h3-10H,11H2,1-2H3,(H,25,26)(H,27,31)(H,28,29,30);3-7H,8H2,1-2H3,(H,22,23)(H,25,28)(H,24,26,27);3-7,12H,8H2,1-2H3,(H,21,22)(H,24,27)(H,23,25,26);9*1H. The van der Waals surface area contributed by atoms with Crippen molar-refractivity contribution < 1.29 is 71.1 Å². The minimum absolute atomic E-state index is 0. The predicted molar refractivity (Wildman–Crippen MR) is 318 cm³/mol. The van der Waals surface area contributed by atoms with E-state index in [9.17, 15) is 58.3 Å². The van der Waals surface area contributed by atoms with Crippen LogP contribution in [0.25, 0.3) is 78.2 Å². The Balaban J connectivity index is 0. The van der Waals surface area contributed by atoms with E-state index in [4.69, 9.17) is 0 Å². The molecule has 86 heavy (non-hydrogen) atoms. The van der Waals surface area contributed by atoms with E-state index >= 15 is 0 Å². The smallest absolute Gasteiger partial charge is 0.356 e. The lowest BCUT2D eigenvalue weighted by Crippen LogP contribution is -2.50. The number of pyridine rings is 3. The molecule has 9 aromatic heterocycles. The van der Waals surface area contributed by atoms with E-state index in [0.717, 1.165) is 28.7 Å². The van der Waals surface area contributed by atoms with Crippen molar-refractivity contribution in [3.8, 4) is 34.2 Å². The van der Waals surface area contributed by atoms with Crippen LogP contribution < -0.4 is 31.9 Å². The van der Waals surface area contributed by atoms with E-state index in [2.05, 4.69) is 81.1 Å². The Morgan fingerprint density at radius 2 is 0.837 bits per heavy atom. The highest BCUT2D eigenvalue weighted by Crippen LogP contribution is 2.32. The lowest BCUT2D eigenvalue weighted by atomic mass is 10.0. The molecule has 1 aromatic carbocycles. The zero-order chi connectivity index (χ0) is 62.4. The van der Waals surface area contributed by atoms with E-state index < -0.39 is 84.4 Å². The van der Waals surface area contributed by atoms with Crippen LogP contribution in [0.15, 0.2) is 110 Å². The lowest BCUT2D eigenvalue weighted by Gasteiger charge is -2.26. The lowest BCUT2D eigenvalue weighted by molar-refractivity contribution is -0.140. The first-order valence-electron chi connectivity index (χ1n) is 25.7. The Labute approximate surface area is 493 Å². The number of nitrogens with zero attached hydrogens (tertiary/aromatic N) is 9. The van der Waals surface area contributed by atoms with Gasteiger partial charge in [-0.15, -0.1) is 0 Å². The molecule has 10 rings (SSSR count). The minimum Gasteiger partial charge on any atom is -0.356 e. The summed E-state index contributed by atoms with van der Waals surface area (Å²) in [4.78, 5) is 83.5. The maximum Gasteiger partial charge on any atom is 0.405 e. The average Bonchev–Trinajstić information content (AvgIpc) is 1.54. The van der Waals surface area contributed by atoms with Crippen molar-refractivity contribution in [2.24, 2.45) is 0 Å². The SMILES string of the molecule is CC(C)(Nc1nc(-c2c[nH]c3ncccc23)nc2ccccc12)C(=O)NCC(F)(F)F.CC(C)(Nc1nc(-c2c[nH]c3ncccc23)ncc1F)C(=O)NCC(F)(F)F.CC(C)(Nc1nc(-c2c[nH]c3ncccc23)ncc1F)C(=O)NCC(F)F.[HH].[HH].[HH].[HH].[HH].[HH].[HH].[HH].[HH]. The summed E-state index contributed by atoms with van der Waals surface area (Å²) in [5, 5.41) is 16.9. The molecule has 0 saturated heterocycles. The van der Waals surface area contributed by atoms with Crippen LogP contribution in [0.1, 0.15) is 54.4 Å². The molecule has 3 amide bonds. The van der Waals surface area contributed by atoms with Crippen molar-refractivity contribution in [1.29, 1.82) is 0 Å². The molecular weight excluding hydrogens is 1150 g/mol. The van der Waals surface area contributed by atoms with Gasteiger partial charge in [-0.2, -0.15) is 26.3 Å². The Morgan fingerprint density at radius 3 is 1.24 bits per heavy atom. The number of carbonyl (C=O) groups is 3. The van der Waals surface area contributed by atoms with Crippen molar-refractivity contribution in [2.75, 3.05) is 35.6 Å². The summed E-state index contributed by atoms with van der Waals surface area (Å²) >= 11 is 0. The van der Waals surface area contributed by atoms with Gasteiger partial charge in [0.05, 0.1) is 24.5 Å². The minimum atomic E-state index is -4.55. The zero-order valence-corrected chi connectivity index (χ0v) is 46.1. The van der Waals surface area contributed by atoms with Crippen LogP contribution in [0.2, 0.25) is 0 Å². The fraction of sp³-hybridized carbons (Fsp3) is 0.273. The van der Waals surface area contributed by atoms with Gasteiger partial charge < -0.3 is 46.9 Å². The molecule has 0 radical (unpaired) electrons. The zero-order valence-electron chi connectivity index (χ0n) is 46.1. The van der Waals surface area contributed by atoms with Crippen LogP contribution in [0.3, 0.4) is 0 Å². The van der Waals surface area contributed by atoms with Crippen molar-refractivity contribution in [2.45, 2.75) is 76.9 Å². The highest BCUT2D eigenvalue weighted by atomic mass is 19.4. The third-order valence-corrected chi connectivity index (χ3v) is 12.5. The second-order valence-electron chi connectivity index (χ2n) is 20.4. The van der Waals surface area contributed by atoms with Crippen molar-refractivity contribution in [1.82, 2.24) is 75.8 Å². The molecule has 21 nitrogen and oxygen atoms in total. The summed E-state index contributed by atoms with van der Waals surface area (Å²) in [6.45, 7) is 4.80. The summed E-state index contributed by atoms with van der Waals surface area (Å²) in [5.41, 5.74) is 0.121. The highest BCUT2D eigenvalue weighted by Gasteiger charge is 2.36. The van der Waals surface area contributed by atoms with Gasteiger partial charge in [-0.1, -0.05) is 12.1 Å². The molecule has 0 aliphatic heterocycles. The Bertz CT molecular complexity index is 4110. The molecule has 0 unspecified atom stereocenters. The van der Waals surface area contributed by atoms with Gasteiger partial charge in [-0.25, -0.2) is 62.4 Å². The number of carbonyl (C=O) groups excluding carboxylic acids is 3. The Hall–Kier alpha value is -10.1. The number of rotatable bonds is 16. The van der Waals surface area contributed by atoms with Crippen LogP contribution in [0.4, 0.5) is 61.4 Å². The van der Waals surface area contributed by atoms with Crippen molar-refractivity contribution >= 4 is 79.2 Å². The Morgan fingerprint density at radius 1 is 0.477 bits per heavy atom. The molecule has 468 valence electrons. The van der Waals surface area contributed by atoms with Crippen molar-refractivity contribution in [3.05, 3.63) is 122 Å². The van der Waals surface area contributed by atoms with Gasteiger partial charge in [-0.05, 0) is 90.1 Å². The van der Waals surface area contributed by atoms with Crippen LogP contribution in [0.5, 0.6) is 0 Å². The fourth-order valence-electron chi connectivity index (χ4n) is 8.14. The molecule has 0 atom stereocenters. The molecule has 0 bridgehead atoms. The molecule has 10 aromatic rings. The van der Waals surface area contributed by atoms with Gasteiger partial charge in [0.15, 0.2) is 40.7 Å². The number of halogens is 10.